The lowest BCUT2D eigenvalue weighted by Crippen LogP contribution is -2.31. The summed E-state index contributed by atoms with van der Waals surface area (Å²) >= 11 is 7.71. The van der Waals surface area contributed by atoms with Crippen LogP contribution in [0.2, 0.25) is 5.02 Å². The van der Waals surface area contributed by atoms with Gasteiger partial charge in [-0.05, 0) is 36.6 Å². The first-order valence-corrected chi connectivity index (χ1v) is 9.80. The maximum Gasteiger partial charge on any atom is 0.416 e. The number of aryl methyl sites for hydroxylation is 2. The molecule has 9 heteroatoms. The van der Waals surface area contributed by atoms with Crippen LogP contribution in [0.25, 0.3) is 10.6 Å². The lowest BCUT2D eigenvalue weighted by Gasteiger charge is -2.20. The average molecular weight is 429 g/mol. The molecule has 1 aromatic carbocycles. The van der Waals surface area contributed by atoms with E-state index in [4.69, 9.17) is 17.3 Å². The van der Waals surface area contributed by atoms with Crippen molar-refractivity contribution < 1.29 is 13.2 Å². The molecule has 0 spiro atoms. The van der Waals surface area contributed by atoms with Crippen molar-refractivity contribution in [2.75, 3.05) is 11.9 Å². The van der Waals surface area contributed by atoms with E-state index in [0.29, 0.717) is 5.02 Å². The van der Waals surface area contributed by atoms with E-state index in [-0.39, 0.29) is 24.6 Å². The quantitative estimate of drug-likeness (QED) is 0.573. The number of benzene rings is 1. The van der Waals surface area contributed by atoms with Crippen molar-refractivity contribution in [3.8, 4) is 10.6 Å². The molecule has 0 aliphatic heterocycles. The Labute approximate surface area is 170 Å². The van der Waals surface area contributed by atoms with Crippen LogP contribution in [0.5, 0.6) is 0 Å². The first-order valence-electron chi connectivity index (χ1n) is 8.60. The molecule has 0 radical (unpaired) electrons. The summed E-state index contributed by atoms with van der Waals surface area (Å²) in [5.74, 6) is 0. The fourth-order valence-electron chi connectivity index (χ4n) is 3.09. The van der Waals surface area contributed by atoms with Crippen LogP contribution < -0.4 is 11.1 Å². The average Bonchev–Trinajstić information content (AvgIpc) is 3.15. The van der Waals surface area contributed by atoms with E-state index in [1.165, 1.54) is 23.5 Å². The second-order valence-corrected chi connectivity index (χ2v) is 7.98. The number of halogens is 4. The number of nitrogens with two attached hydrogens (primary N) is 1. The van der Waals surface area contributed by atoms with Crippen molar-refractivity contribution in [2.24, 2.45) is 12.8 Å². The molecular formula is C19H20ClF3N4S. The van der Waals surface area contributed by atoms with Gasteiger partial charge < -0.3 is 11.1 Å². The molecule has 1 atom stereocenters. The predicted molar refractivity (Wildman–Crippen MR) is 108 cm³/mol. The topological polar surface area (TPSA) is 55.9 Å². The minimum absolute atomic E-state index is 0.172. The van der Waals surface area contributed by atoms with Gasteiger partial charge in [-0.3, -0.25) is 4.68 Å². The van der Waals surface area contributed by atoms with E-state index in [9.17, 15) is 13.2 Å². The van der Waals surface area contributed by atoms with E-state index < -0.39 is 11.7 Å². The van der Waals surface area contributed by atoms with Gasteiger partial charge in [-0.15, -0.1) is 11.3 Å². The second kappa shape index (κ2) is 8.14. The molecule has 0 saturated carbocycles. The first-order chi connectivity index (χ1) is 13.2. The molecule has 28 heavy (non-hydrogen) atoms. The summed E-state index contributed by atoms with van der Waals surface area (Å²) in [5, 5.41) is 8.80. The van der Waals surface area contributed by atoms with Crippen molar-refractivity contribution in [1.82, 2.24) is 9.78 Å². The van der Waals surface area contributed by atoms with Gasteiger partial charge in [0.25, 0.3) is 0 Å². The smallest absolute Gasteiger partial charge is 0.373 e. The Kier molecular flexibility index (Phi) is 6.02. The predicted octanol–water partition coefficient (Wildman–Crippen LogP) is 5.11. The highest BCUT2D eigenvalue weighted by Gasteiger charge is 2.33. The van der Waals surface area contributed by atoms with Crippen LogP contribution in [0.1, 0.15) is 16.7 Å². The van der Waals surface area contributed by atoms with E-state index in [1.807, 2.05) is 20.0 Å². The Morgan fingerprint density at radius 3 is 2.64 bits per heavy atom. The van der Waals surface area contributed by atoms with Gasteiger partial charge >= 0.3 is 6.18 Å². The van der Waals surface area contributed by atoms with Crippen molar-refractivity contribution in [3.05, 3.63) is 58.2 Å². The van der Waals surface area contributed by atoms with Crippen LogP contribution in [-0.2, 0) is 19.6 Å². The number of thiophene rings is 1. The highest BCUT2D eigenvalue weighted by molar-refractivity contribution is 7.19. The largest absolute Gasteiger partial charge is 0.416 e. The van der Waals surface area contributed by atoms with Crippen molar-refractivity contribution >= 4 is 27.9 Å². The van der Waals surface area contributed by atoms with Gasteiger partial charge in [-0.2, -0.15) is 18.3 Å². The summed E-state index contributed by atoms with van der Waals surface area (Å²) in [6, 6.07) is 7.20. The fraction of sp³-hybridized carbons (Fsp3) is 0.316. The van der Waals surface area contributed by atoms with Crippen LogP contribution in [0.4, 0.5) is 18.2 Å². The maximum atomic E-state index is 13.2. The molecule has 0 aliphatic rings. The summed E-state index contributed by atoms with van der Waals surface area (Å²) in [6.45, 7) is 2.15. The summed E-state index contributed by atoms with van der Waals surface area (Å²) in [7, 11) is 1.81. The van der Waals surface area contributed by atoms with Gasteiger partial charge in [0.15, 0.2) is 0 Å². The molecule has 150 valence electrons. The zero-order valence-corrected chi connectivity index (χ0v) is 16.9. The fourth-order valence-corrected chi connectivity index (χ4v) is 4.65. The monoisotopic (exact) mass is 428 g/mol. The van der Waals surface area contributed by atoms with Crippen LogP contribution in [-0.4, -0.2) is 22.4 Å². The van der Waals surface area contributed by atoms with Gasteiger partial charge in [0.2, 0.25) is 0 Å². The number of anilines is 1. The number of aromatic nitrogens is 2. The Bertz CT molecular complexity index is 945. The number of rotatable bonds is 6. The van der Waals surface area contributed by atoms with E-state index >= 15 is 0 Å². The number of nitrogens with one attached hydrogen (secondary N) is 1. The Morgan fingerprint density at radius 1 is 1.32 bits per heavy atom. The number of alkyl halides is 3. The Morgan fingerprint density at radius 2 is 2.04 bits per heavy atom. The number of nitrogens with zero attached hydrogens (tertiary/aromatic N) is 2. The Balaban J connectivity index is 1.83. The third-order valence-corrected chi connectivity index (χ3v) is 5.90. The van der Waals surface area contributed by atoms with Gasteiger partial charge in [-0.1, -0.05) is 29.8 Å². The van der Waals surface area contributed by atoms with Crippen LogP contribution in [0.15, 0.2) is 36.5 Å². The molecular weight excluding hydrogens is 409 g/mol. The summed E-state index contributed by atoms with van der Waals surface area (Å²) in [5.41, 5.74) is 7.25. The van der Waals surface area contributed by atoms with Gasteiger partial charge in [0.05, 0.1) is 32.4 Å². The first kappa shape index (κ1) is 20.7. The lowest BCUT2D eigenvalue weighted by molar-refractivity contribution is -0.138. The standard InChI is InChI=1S/C19H20ClF3N4S/c1-11-7-16(28-18(11)17-15(20)10-25-27(17)2)26-13(9-24)8-12-5-3-4-6-14(12)19(21,22)23/h3-7,10,13,26H,8-9,24H2,1-2H3/t13-/m0/s1. The molecule has 0 bridgehead atoms. The summed E-state index contributed by atoms with van der Waals surface area (Å²) in [4.78, 5) is 0.957. The molecule has 0 amide bonds. The molecule has 0 aliphatic carbocycles. The van der Waals surface area contributed by atoms with Crippen molar-refractivity contribution in [2.45, 2.75) is 25.6 Å². The molecule has 2 aromatic heterocycles. The van der Waals surface area contributed by atoms with Gasteiger partial charge in [0.1, 0.15) is 0 Å². The molecule has 4 nitrogen and oxygen atoms in total. The van der Waals surface area contributed by atoms with Crippen LogP contribution in [0, 0.1) is 6.92 Å². The zero-order valence-electron chi connectivity index (χ0n) is 15.3. The van der Waals surface area contributed by atoms with E-state index in [1.54, 1.807) is 16.9 Å². The molecule has 3 rings (SSSR count). The molecule has 2 heterocycles. The second-order valence-electron chi connectivity index (χ2n) is 6.52. The zero-order chi connectivity index (χ0) is 20.5. The van der Waals surface area contributed by atoms with Crippen molar-refractivity contribution in [3.63, 3.8) is 0 Å². The molecule has 0 fully saturated rings. The minimum atomic E-state index is -4.39. The molecule has 0 unspecified atom stereocenters. The third-order valence-electron chi connectivity index (χ3n) is 4.45. The summed E-state index contributed by atoms with van der Waals surface area (Å²) < 4.78 is 41.4. The van der Waals surface area contributed by atoms with Crippen LogP contribution in [0.3, 0.4) is 0 Å². The Hall–Kier alpha value is -2.03. The summed E-state index contributed by atoms with van der Waals surface area (Å²) in [6.07, 6.45) is -2.64. The van der Waals surface area contributed by atoms with Crippen LogP contribution >= 0.6 is 22.9 Å². The van der Waals surface area contributed by atoms with Gasteiger partial charge in [0, 0.05) is 19.6 Å². The van der Waals surface area contributed by atoms with E-state index in [0.717, 1.165) is 27.2 Å². The molecule has 3 aromatic rings. The maximum absolute atomic E-state index is 13.2. The molecule has 0 saturated heterocycles. The third kappa shape index (κ3) is 4.34. The highest BCUT2D eigenvalue weighted by Crippen LogP contribution is 2.39. The molecule has 3 N–H and O–H groups in total. The lowest BCUT2D eigenvalue weighted by atomic mass is 10.00. The van der Waals surface area contributed by atoms with E-state index in [2.05, 4.69) is 10.4 Å². The number of hydrogen-bond donors (Lipinski definition) is 2. The number of hydrogen-bond acceptors (Lipinski definition) is 4. The minimum Gasteiger partial charge on any atom is -0.373 e. The SMILES string of the molecule is Cc1cc(N[C@H](CN)Cc2ccccc2C(F)(F)F)sc1-c1c(Cl)cnn1C. The van der Waals surface area contributed by atoms with Crippen molar-refractivity contribution in [1.29, 1.82) is 0 Å². The normalized spacial score (nSPS) is 13.0. The van der Waals surface area contributed by atoms with Gasteiger partial charge in [-0.25, -0.2) is 0 Å². The highest BCUT2D eigenvalue weighted by atomic mass is 35.5.